The van der Waals surface area contributed by atoms with Crippen molar-refractivity contribution in [2.24, 2.45) is 0 Å². The van der Waals surface area contributed by atoms with Crippen LogP contribution in [0.15, 0.2) is 36.4 Å². The molecule has 0 unspecified atom stereocenters. The molecule has 1 rings (SSSR count). The highest BCUT2D eigenvalue weighted by Gasteiger charge is 1.98. The van der Waals surface area contributed by atoms with Gasteiger partial charge in [0, 0.05) is 5.75 Å². The van der Waals surface area contributed by atoms with E-state index in [2.05, 4.69) is 12.2 Å². The third-order valence-corrected chi connectivity index (χ3v) is 2.72. The number of carbonyl (C=O) groups is 1. The van der Waals surface area contributed by atoms with Gasteiger partial charge in [-0.05, 0) is 12.5 Å². The summed E-state index contributed by atoms with van der Waals surface area (Å²) in [7, 11) is 0. The minimum Gasteiger partial charge on any atom is -0.465 e. The predicted molar refractivity (Wildman–Crippen MR) is 69.4 cm³/mol. The van der Waals surface area contributed by atoms with E-state index >= 15 is 0 Å². The summed E-state index contributed by atoms with van der Waals surface area (Å²) < 4.78 is 4.82. The van der Waals surface area contributed by atoms with Crippen LogP contribution in [0.1, 0.15) is 12.5 Å². The van der Waals surface area contributed by atoms with E-state index in [1.807, 2.05) is 37.3 Å². The van der Waals surface area contributed by atoms with Gasteiger partial charge in [-0.1, -0.05) is 42.5 Å². The summed E-state index contributed by atoms with van der Waals surface area (Å²) in [6.07, 6.45) is 4.11. The van der Waals surface area contributed by atoms with Gasteiger partial charge < -0.3 is 4.74 Å². The molecule has 16 heavy (non-hydrogen) atoms. The Bertz CT molecular complexity index is 333. The van der Waals surface area contributed by atoms with Gasteiger partial charge in [0.15, 0.2) is 0 Å². The largest absolute Gasteiger partial charge is 0.465 e. The molecule has 0 radical (unpaired) electrons. The van der Waals surface area contributed by atoms with E-state index in [9.17, 15) is 4.79 Å². The number of rotatable bonds is 6. The molecule has 0 amide bonds. The van der Waals surface area contributed by atoms with Crippen molar-refractivity contribution in [2.75, 3.05) is 18.1 Å². The fraction of sp³-hybridized carbons (Fsp3) is 0.308. The molecule has 0 saturated heterocycles. The Morgan fingerprint density at radius 3 is 2.81 bits per heavy atom. The molecular weight excluding hydrogens is 220 g/mol. The summed E-state index contributed by atoms with van der Waals surface area (Å²) >= 11 is 1.56. The first-order valence-electron chi connectivity index (χ1n) is 5.28. The third-order valence-electron chi connectivity index (χ3n) is 1.85. The van der Waals surface area contributed by atoms with Crippen molar-refractivity contribution in [1.82, 2.24) is 0 Å². The maximum atomic E-state index is 11.0. The van der Waals surface area contributed by atoms with Crippen molar-refractivity contribution in [2.45, 2.75) is 6.92 Å². The molecule has 86 valence electrons. The maximum absolute atomic E-state index is 11.0. The summed E-state index contributed by atoms with van der Waals surface area (Å²) in [6, 6.07) is 10.1. The van der Waals surface area contributed by atoms with Crippen molar-refractivity contribution in [3.05, 3.63) is 42.0 Å². The van der Waals surface area contributed by atoms with Crippen molar-refractivity contribution in [1.29, 1.82) is 0 Å². The van der Waals surface area contributed by atoms with Crippen LogP contribution in [0.4, 0.5) is 0 Å². The Morgan fingerprint density at radius 1 is 1.38 bits per heavy atom. The first-order chi connectivity index (χ1) is 7.83. The first kappa shape index (κ1) is 12.8. The zero-order valence-electron chi connectivity index (χ0n) is 9.39. The average molecular weight is 236 g/mol. The van der Waals surface area contributed by atoms with Gasteiger partial charge >= 0.3 is 5.97 Å². The van der Waals surface area contributed by atoms with Crippen LogP contribution >= 0.6 is 11.8 Å². The van der Waals surface area contributed by atoms with E-state index in [0.717, 1.165) is 5.75 Å². The number of benzene rings is 1. The molecule has 0 fully saturated rings. The normalized spacial score (nSPS) is 10.6. The molecular formula is C13H16O2S. The second-order valence-corrected chi connectivity index (χ2v) is 4.16. The van der Waals surface area contributed by atoms with Gasteiger partial charge in [0.1, 0.15) is 0 Å². The molecule has 1 aromatic rings. The van der Waals surface area contributed by atoms with Crippen LogP contribution in [-0.4, -0.2) is 24.1 Å². The number of esters is 1. The average Bonchev–Trinajstić information content (AvgIpc) is 2.30. The van der Waals surface area contributed by atoms with E-state index in [1.165, 1.54) is 5.56 Å². The third kappa shape index (κ3) is 5.61. The molecule has 0 N–H and O–H groups in total. The minimum absolute atomic E-state index is 0.138. The lowest BCUT2D eigenvalue weighted by atomic mass is 10.2. The monoisotopic (exact) mass is 236 g/mol. The fourth-order valence-electron chi connectivity index (χ4n) is 1.16. The molecule has 0 aliphatic rings. The highest BCUT2D eigenvalue weighted by Crippen LogP contribution is 2.05. The summed E-state index contributed by atoms with van der Waals surface area (Å²) in [5.41, 5.74) is 1.18. The van der Waals surface area contributed by atoms with E-state index in [4.69, 9.17) is 4.74 Å². The lowest BCUT2D eigenvalue weighted by Gasteiger charge is -1.99. The van der Waals surface area contributed by atoms with Gasteiger partial charge in [-0.2, -0.15) is 0 Å². The molecule has 2 nitrogen and oxygen atoms in total. The second kappa shape index (κ2) is 7.99. The Kier molecular flexibility index (Phi) is 6.42. The summed E-state index contributed by atoms with van der Waals surface area (Å²) in [5, 5.41) is 0. The van der Waals surface area contributed by atoms with Crippen molar-refractivity contribution in [3.8, 4) is 0 Å². The van der Waals surface area contributed by atoms with Gasteiger partial charge in [0.2, 0.25) is 0 Å². The molecule has 0 atom stereocenters. The number of hydrogen-bond donors (Lipinski definition) is 0. The van der Waals surface area contributed by atoms with Crippen LogP contribution in [0.3, 0.4) is 0 Å². The SMILES string of the molecule is CCOC(=O)CSC/C=C/c1ccccc1. The molecule has 0 heterocycles. The molecule has 0 saturated carbocycles. The van der Waals surface area contributed by atoms with E-state index < -0.39 is 0 Å². The highest BCUT2D eigenvalue weighted by molar-refractivity contribution is 8.00. The number of thioether (sulfide) groups is 1. The Hall–Kier alpha value is -1.22. The zero-order chi connectivity index (χ0) is 11.6. The molecule has 0 aliphatic carbocycles. The maximum Gasteiger partial charge on any atom is 0.315 e. The zero-order valence-corrected chi connectivity index (χ0v) is 10.2. The van der Waals surface area contributed by atoms with E-state index in [0.29, 0.717) is 12.4 Å². The van der Waals surface area contributed by atoms with Crippen LogP contribution < -0.4 is 0 Å². The smallest absolute Gasteiger partial charge is 0.315 e. The highest BCUT2D eigenvalue weighted by atomic mass is 32.2. The van der Waals surface area contributed by atoms with Gasteiger partial charge in [-0.3, -0.25) is 4.79 Å². The molecule has 3 heteroatoms. The van der Waals surface area contributed by atoms with Gasteiger partial charge in [-0.15, -0.1) is 11.8 Å². The van der Waals surface area contributed by atoms with Crippen LogP contribution in [0, 0.1) is 0 Å². The number of ether oxygens (including phenoxy) is 1. The molecule has 0 bridgehead atoms. The summed E-state index contributed by atoms with van der Waals surface area (Å²) in [4.78, 5) is 11.0. The van der Waals surface area contributed by atoms with Crippen LogP contribution in [0.5, 0.6) is 0 Å². The number of carbonyl (C=O) groups excluding carboxylic acids is 1. The molecule has 0 aromatic heterocycles. The van der Waals surface area contributed by atoms with Gasteiger partial charge in [0.05, 0.1) is 12.4 Å². The first-order valence-corrected chi connectivity index (χ1v) is 6.43. The van der Waals surface area contributed by atoms with Crippen LogP contribution in [-0.2, 0) is 9.53 Å². The second-order valence-electron chi connectivity index (χ2n) is 3.13. The lowest BCUT2D eigenvalue weighted by Crippen LogP contribution is -2.06. The van der Waals surface area contributed by atoms with E-state index in [-0.39, 0.29) is 5.97 Å². The molecule has 0 spiro atoms. The number of hydrogen-bond acceptors (Lipinski definition) is 3. The Balaban J connectivity index is 2.16. The predicted octanol–water partition coefficient (Wildman–Crippen LogP) is 3.00. The minimum atomic E-state index is -0.138. The summed E-state index contributed by atoms with van der Waals surface area (Å²) in [6.45, 7) is 2.27. The Morgan fingerprint density at radius 2 is 2.12 bits per heavy atom. The van der Waals surface area contributed by atoms with Crippen LogP contribution in [0.25, 0.3) is 6.08 Å². The molecule has 1 aromatic carbocycles. The van der Waals surface area contributed by atoms with Crippen molar-refractivity contribution < 1.29 is 9.53 Å². The van der Waals surface area contributed by atoms with E-state index in [1.54, 1.807) is 11.8 Å². The Labute approximate surface area is 101 Å². The van der Waals surface area contributed by atoms with Crippen LogP contribution in [0.2, 0.25) is 0 Å². The van der Waals surface area contributed by atoms with Crippen molar-refractivity contribution >= 4 is 23.8 Å². The summed E-state index contributed by atoms with van der Waals surface area (Å²) in [5.74, 6) is 1.11. The fourth-order valence-corrected chi connectivity index (χ4v) is 1.76. The topological polar surface area (TPSA) is 26.3 Å². The standard InChI is InChI=1S/C13H16O2S/c1-2-15-13(14)11-16-10-6-9-12-7-4-3-5-8-12/h3-9H,2,10-11H2,1H3/b9-6+. The molecule has 0 aliphatic heterocycles. The quantitative estimate of drug-likeness (QED) is 0.561. The van der Waals surface area contributed by atoms with Gasteiger partial charge in [-0.25, -0.2) is 0 Å². The lowest BCUT2D eigenvalue weighted by molar-refractivity contribution is -0.139. The van der Waals surface area contributed by atoms with Crippen molar-refractivity contribution in [3.63, 3.8) is 0 Å². The van der Waals surface area contributed by atoms with Gasteiger partial charge in [0.25, 0.3) is 0 Å².